The van der Waals surface area contributed by atoms with E-state index in [2.05, 4.69) is 10.2 Å². The van der Waals surface area contributed by atoms with Gasteiger partial charge in [0, 0.05) is 37.3 Å². The highest BCUT2D eigenvalue weighted by Crippen LogP contribution is 2.23. The van der Waals surface area contributed by atoms with Crippen LogP contribution < -0.4 is 9.62 Å². The van der Waals surface area contributed by atoms with Gasteiger partial charge in [0.15, 0.2) is 0 Å². The SMILES string of the molecule is CN(c1ccccc1)S(=O)(=O)c1cccc(NC(=O)CN2CCSCC2)c1. The first kappa shape index (κ1) is 19.7. The third kappa shape index (κ3) is 5.03. The van der Waals surface area contributed by atoms with Gasteiger partial charge < -0.3 is 5.32 Å². The van der Waals surface area contributed by atoms with E-state index in [0.717, 1.165) is 24.6 Å². The van der Waals surface area contributed by atoms with Crippen molar-refractivity contribution >= 4 is 39.1 Å². The van der Waals surface area contributed by atoms with Crippen molar-refractivity contribution in [3.05, 3.63) is 54.6 Å². The molecule has 1 amide bonds. The Kier molecular flexibility index (Phi) is 6.41. The number of amides is 1. The first-order chi connectivity index (χ1) is 13.0. The van der Waals surface area contributed by atoms with Crippen LogP contribution in [0.5, 0.6) is 0 Å². The van der Waals surface area contributed by atoms with Gasteiger partial charge >= 0.3 is 0 Å². The van der Waals surface area contributed by atoms with Crippen LogP contribution in [0.3, 0.4) is 0 Å². The molecule has 0 aliphatic carbocycles. The van der Waals surface area contributed by atoms with E-state index < -0.39 is 10.0 Å². The molecule has 8 heteroatoms. The van der Waals surface area contributed by atoms with Crippen molar-refractivity contribution in [1.82, 2.24) is 4.90 Å². The summed E-state index contributed by atoms with van der Waals surface area (Å²) in [6.07, 6.45) is 0. The van der Waals surface area contributed by atoms with E-state index in [4.69, 9.17) is 0 Å². The van der Waals surface area contributed by atoms with Crippen molar-refractivity contribution in [3.63, 3.8) is 0 Å². The van der Waals surface area contributed by atoms with Gasteiger partial charge in [-0.05, 0) is 30.3 Å². The van der Waals surface area contributed by atoms with Gasteiger partial charge in [-0.15, -0.1) is 0 Å². The van der Waals surface area contributed by atoms with E-state index in [1.165, 1.54) is 23.5 Å². The summed E-state index contributed by atoms with van der Waals surface area (Å²) < 4.78 is 27.0. The number of hydrogen-bond acceptors (Lipinski definition) is 5. The van der Waals surface area contributed by atoms with Gasteiger partial charge in [0.05, 0.1) is 17.1 Å². The lowest BCUT2D eigenvalue weighted by Crippen LogP contribution is -2.38. The van der Waals surface area contributed by atoms with Gasteiger partial charge in [-0.1, -0.05) is 24.3 Å². The second-order valence-corrected chi connectivity index (χ2v) is 9.47. The molecule has 1 aliphatic heterocycles. The van der Waals surface area contributed by atoms with Crippen LogP contribution in [0.25, 0.3) is 0 Å². The predicted octanol–water partition coefficient (Wildman–Crippen LogP) is 2.50. The lowest BCUT2D eigenvalue weighted by molar-refractivity contribution is -0.117. The maximum Gasteiger partial charge on any atom is 0.264 e. The van der Waals surface area contributed by atoms with Crippen LogP contribution in [0.1, 0.15) is 0 Å². The summed E-state index contributed by atoms with van der Waals surface area (Å²) in [6, 6.07) is 15.3. The van der Waals surface area contributed by atoms with Crippen molar-refractivity contribution in [2.75, 3.05) is 47.8 Å². The summed E-state index contributed by atoms with van der Waals surface area (Å²) in [6.45, 7) is 2.12. The van der Waals surface area contributed by atoms with E-state index in [1.54, 1.807) is 36.4 Å². The molecular weight excluding hydrogens is 382 g/mol. The highest BCUT2D eigenvalue weighted by Gasteiger charge is 2.22. The summed E-state index contributed by atoms with van der Waals surface area (Å²) >= 11 is 1.89. The van der Waals surface area contributed by atoms with Gasteiger partial charge in [0.1, 0.15) is 0 Å². The van der Waals surface area contributed by atoms with Crippen molar-refractivity contribution < 1.29 is 13.2 Å². The topological polar surface area (TPSA) is 69.7 Å². The monoisotopic (exact) mass is 405 g/mol. The molecule has 144 valence electrons. The van der Waals surface area contributed by atoms with Crippen LogP contribution >= 0.6 is 11.8 Å². The molecule has 3 rings (SSSR count). The second kappa shape index (κ2) is 8.77. The number of nitrogens with zero attached hydrogens (tertiary/aromatic N) is 2. The molecule has 2 aromatic carbocycles. The fourth-order valence-corrected chi connectivity index (χ4v) is 5.05. The van der Waals surface area contributed by atoms with Crippen molar-refractivity contribution in [2.45, 2.75) is 4.90 Å². The highest BCUT2D eigenvalue weighted by atomic mass is 32.2. The van der Waals surface area contributed by atoms with Gasteiger partial charge in [-0.3, -0.25) is 14.0 Å². The van der Waals surface area contributed by atoms with Crippen LogP contribution in [-0.4, -0.2) is 57.4 Å². The molecule has 0 unspecified atom stereocenters. The molecule has 0 bridgehead atoms. The van der Waals surface area contributed by atoms with E-state index in [9.17, 15) is 13.2 Å². The molecule has 1 fully saturated rings. The van der Waals surface area contributed by atoms with Crippen LogP contribution in [-0.2, 0) is 14.8 Å². The van der Waals surface area contributed by atoms with Crippen molar-refractivity contribution in [1.29, 1.82) is 0 Å². The number of thioether (sulfide) groups is 1. The lowest BCUT2D eigenvalue weighted by atomic mass is 10.3. The zero-order valence-corrected chi connectivity index (χ0v) is 16.8. The molecule has 2 aromatic rings. The van der Waals surface area contributed by atoms with Gasteiger partial charge in [0.2, 0.25) is 5.91 Å². The maximum atomic E-state index is 12.9. The third-order valence-corrected chi connectivity index (χ3v) is 7.09. The number of benzene rings is 2. The minimum atomic E-state index is -3.71. The van der Waals surface area contributed by atoms with Crippen molar-refractivity contribution in [2.24, 2.45) is 0 Å². The van der Waals surface area contributed by atoms with Crippen LogP contribution in [0.15, 0.2) is 59.5 Å². The molecule has 1 aliphatic rings. The molecule has 1 heterocycles. The molecule has 0 atom stereocenters. The Morgan fingerprint density at radius 1 is 1.11 bits per heavy atom. The Balaban J connectivity index is 1.71. The molecular formula is C19H23N3O3S2. The molecule has 1 saturated heterocycles. The van der Waals surface area contributed by atoms with Crippen LogP contribution in [0, 0.1) is 0 Å². The first-order valence-electron chi connectivity index (χ1n) is 8.71. The lowest BCUT2D eigenvalue weighted by Gasteiger charge is -2.25. The number of rotatable bonds is 6. The molecule has 0 aromatic heterocycles. The molecule has 0 radical (unpaired) electrons. The number of nitrogens with one attached hydrogen (secondary N) is 1. The fourth-order valence-electron chi connectivity index (χ4n) is 2.83. The quantitative estimate of drug-likeness (QED) is 0.800. The number of sulfonamides is 1. The van der Waals surface area contributed by atoms with Gasteiger partial charge in [-0.25, -0.2) is 8.42 Å². The normalized spacial score (nSPS) is 15.3. The van der Waals surface area contributed by atoms with Crippen LogP contribution in [0.4, 0.5) is 11.4 Å². The first-order valence-corrected chi connectivity index (χ1v) is 11.3. The Bertz CT molecular complexity index is 882. The summed E-state index contributed by atoms with van der Waals surface area (Å²) in [4.78, 5) is 14.5. The second-order valence-electron chi connectivity index (χ2n) is 6.27. The average Bonchev–Trinajstić information content (AvgIpc) is 2.69. The smallest absolute Gasteiger partial charge is 0.264 e. The largest absolute Gasteiger partial charge is 0.325 e. The Labute approximate surface area is 164 Å². The third-order valence-electron chi connectivity index (χ3n) is 4.37. The molecule has 1 N–H and O–H groups in total. The number of carbonyl (C=O) groups excluding carboxylic acids is 1. The van der Waals surface area contributed by atoms with Gasteiger partial charge in [0.25, 0.3) is 10.0 Å². The Morgan fingerprint density at radius 3 is 2.52 bits per heavy atom. The Morgan fingerprint density at radius 2 is 1.81 bits per heavy atom. The average molecular weight is 406 g/mol. The zero-order valence-electron chi connectivity index (χ0n) is 15.2. The van der Waals surface area contributed by atoms with E-state index in [-0.39, 0.29) is 10.8 Å². The predicted molar refractivity (Wildman–Crippen MR) is 111 cm³/mol. The summed E-state index contributed by atoms with van der Waals surface area (Å²) in [7, 11) is -2.19. The zero-order chi connectivity index (χ0) is 19.3. The standard InChI is InChI=1S/C19H23N3O3S2/c1-21(17-7-3-2-4-8-17)27(24,25)18-9-5-6-16(14-18)20-19(23)15-22-10-12-26-13-11-22/h2-9,14H,10-13,15H2,1H3,(H,20,23). The number of carbonyl (C=O) groups is 1. The Hall–Kier alpha value is -2.03. The molecule has 0 saturated carbocycles. The maximum absolute atomic E-state index is 12.9. The number of anilines is 2. The fraction of sp³-hybridized carbons (Fsp3) is 0.316. The minimum Gasteiger partial charge on any atom is -0.325 e. The van der Waals surface area contributed by atoms with Crippen molar-refractivity contribution in [3.8, 4) is 0 Å². The summed E-state index contributed by atoms with van der Waals surface area (Å²) in [5.41, 5.74) is 1.06. The molecule has 6 nitrogen and oxygen atoms in total. The minimum absolute atomic E-state index is 0.132. The van der Waals surface area contributed by atoms with Crippen LogP contribution in [0.2, 0.25) is 0 Å². The van der Waals surface area contributed by atoms with E-state index >= 15 is 0 Å². The summed E-state index contributed by atoms with van der Waals surface area (Å²) in [5, 5.41) is 2.81. The molecule has 27 heavy (non-hydrogen) atoms. The summed E-state index contributed by atoms with van der Waals surface area (Å²) in [5.74, 6) is 1.94. The number of para-hydroxylation sites is 1. The van der Waals surface area contributed by atoms with E-state index in [1.807, 2.05) is 17.8 Å². The highest BCUT2D eigenvalue weighted by molar-refractivity contribution is 7.99. The number of hydrogen-bond donors (Lipinski definition) is 1. The van der Waals surface area contributed by atoms with Gasteiger partial charge in [-0.2, -0.15) is 11.8 Å². The van der Waals surface area contributed by atoms with E-state index in [0.29, 0.717) is 17.9 Å². The molecule has 0 spiro atoms.